The molecule has 0 amide bonds. The van der Waals surface area contributed by atoms with Gasteiger partial charge in [-0.05, 0) is 36.8 Å². The molecule has 2 aromatic rings. The Labute approximate surface area is 129 Å². The van der Waals surface area contributed by atoms with Gasteiger partial charge in [0, 0.05) is 0 Å². The van der Waals surface area contributed by atoms with Gasteiger partial charge in [-0.1, -0.05) is 29.4 Å². The van der Waals surface area contributed by atoms with Crippen LogP contribution in [0.2, 0.25) is 0 Å². The van der Waals surface area contributed by atoms with Crippen molar-refractivity contribution in [3.63, 3.8) is 0 Å². The molecule has 2 rings (SSSR count). The van der Waals surface area contributed by atoms with Crippen LogP contribution in [0, 0.1) is 6.92 Å². The molecule has 114 valence electrons. The fourth-order valence-corrected chi connectivity index (χ4v) is 1.94. The summed E-state index contributed by atoms with van der Waals surface area (Å²) in [7, 11) is 2.66. The number of carbonyl (C=O) groups is 1. The molecule has 0 aromatic heterocycles. The van der Waals surface area contributed by atoms with Crippen LogP contribution in [-0.2, 0) is 14.4 Å². The standard InChI is InChI=1S/C17H17NO4/c1-12-7-6-8-13(11-12)22-15-10-5-4-9-14(15)16(18-21-3)17(19)20-2/h4-11H,1-3H3/b18-16-. The molecule has 0 saturated carbocycles. The van der Waals surface area contributed by atoms with E-state index in [2.05, 4.69) is 5.16 Å². The molecule has 0 aliphatic carbocycles. The summed E-state index contributed by atoms with van der Waals surface area (Å²) in [6.07, 6.45) is 0. The van der Waals surface area contributed by atoms with Crippen LogP contribution in [0.15, 0.2) is 53.7 Å². The first-order valence-electron chi connectivity index (χ1n) is 6.69. The first-order chi connectivity index (χ1) is 10.7. The highest BCUT2D eigenvalue weighted by Gasteiger charge is 2.20. The fourth-order valence-electron chi connectivity index (χ4n) is 1.94. The number of methoxy groups -OCH3 is 1. The third-order valence-electron chi connectivity index (χ3n) is 2.92. The lowest BCUT2D eigenvalue weighted by molar-refractivity contribution is -0.132. The van der Waals surface area contributed by atoms with Crippen LogP contribution in [0.4, 0.5) is 0 Å². The zero-order valence-electron chi connectivity index (χ0n) is 12.7. The number of hydrogen-bond donors (Lipinski definition) is 0. The second-order valence-electron chi connectivity index (χ2n) is 4.53. The Morgan fingerprint density at radius 1 is 1.05 bits per heavy atom. The van der Waals surface area contributed by atoms with Crippen molar-refractivity contribution in [2.24, 2.45) is 5.16 Å². The maximum Gasteiger partial charge on any atom is 0.360 e. The van der Waals surface area contributed by atoms with E-state index in [1.807, 2.05) is 37.3 Å². The quantitative estimate of drug-likeness (QED) is 0.483. The molecule has 0 aliphatic rings. The minimum Gasteiger partial charge on any atom is -0.464 e. The third kappa shape index (κ3) is 3.63. The first-order valence-corrected chi connectivity index (χ1v) is 6.69. The normalized spacial score (nSPS) is 11.0. The zero-order chi connectivity index (χ0) is 15.9. The summed E-state index contributed by atoms with van der Waals surface area (Å²) in [5.41, 5.74) is 1.62. The van der Waals surface area contributed by atoms with Crippen LogP contribution in [0.3, 0.4) is 0 Å². The lowest BCUT2D eigenvalue weighted by Crippen LogP contribution is -2.18. The minimum absolute atomic E-state index is 0.0493. The number of carbonyl (C=O) groups excluding carboxylic acids is 1. The summed E-state index contributed by atoms with van der Waals surface area (Å²) in [5.74, 6) is 0.575. The minimum atomic E-state index is -0.595. The van der Waals surface area contributed by atoms with Crippen LogP contribution in [-0.4, -0.2) is 25.9 Å². The summed E-state index contributed by atoms with van der Waals surface area (Å²) >= 11 is 0. The van der Waals surface area contributed by atoms with Gasteiger partial charge in [-0.25, -0.2) is 4.79 Å². The highest BCUT2D eigenvalue weighted by Crippen LogP contribution is 2.26. The molecule has 0 fully saturated rings. The van der Waals surface area contributed by atoms with Crippen molar-refractivity contribution in [3.8, 4) is 11.5 Å². The second kappa shape index (κ2) is 7.26. The first kappa shape index (κ1) is 15.6. The number of ether oxygens (including phenoxy) is 2. The van der Waals surface area contributed by atoms with Crippen LogP contribution in [0.25, 0.3) is 0 Å². The highest BCUT2D eigenvalue weighted by molar-refractivity contribution is 6.43. The van der Waals surface area contributed by atoms with E-state index in [0.29, 0.717) is 17.1 Å². The van der Waals surface area contributed by atoms with Gasteiger partial charge in [0.1, 0.15) is 18.6 Å². The Morgan fingerprint density at radius 2 is 1.82 bits per heavy atom. The molecule has 0 spiro atoms. The Kier molecular flexibility index (Phi) is 5.14. The summed E-state index contributed by atoms with van der Waals surface area (Å²) < 4.78 is 10.6. The van der Waals surface area contributed by atoms with E-state index in [4.69, 9.17) is 14.3 Å². The van der Waals surface area contributed by atoms with Gasteiger partial charge in [0.2, 0.25) is 0 Å². The van der Waals surface area contributed by atoms with Gasteiger partial charge in [0.25, 0.3) is 0 Å². The smallest absolute Gasteiger partial charge is 0.360 e. The van der Waals surface area contributed by atoms with Crippen molar-refractivity contribution in [1.29, 1.82) is 0 Å². The summed E-state index contributed by atoms with van der Waals surface area (Å²) in [4.78, 5) is 16.6. The average molecular weight is 299 g/mol. The SMILES string of the molecule is CO/N=C(\C(=O)OC)c1ccccc1Oc1cccc(C)c1. The van der Waals surface area contributed by atoms with Gasteiger partial charge < -0.3 is 14.3 Å². The van der Waals surface area contributed by atoms with E-state index in [-0.39, 0.29) is 5.71 Å². The fraction of sp³-hybridized carbons (Fsp3) is 0.176. The largest absolute Gasteiger partial charge is 0.464 e. The summed E-state index contributed by atoms with van der Waals surface area (Å²) in [5, 5.41) is 3.75. The van der Waals surface area contributed by atoms with Crippen molar-refractivity contribution in [2.75, 3.05) is 14.2 Å². The number of rotatable bonds is 5. The van der Waals surface area contributed by atoms with Crippen LogP contribution in [0.5, 0.6) is 11.5 Å². The lowest BCUT2D eigenvalue weighted by Gasteiger charge is -2.12. The molecule has 5 nitrogen and oxygen atoms in total. The number of esters is 1. The topological polar surface area (TPSA) is 57.1 Å². The maximum absolute atomic E-state index is 11.9. The van der Waals surface area contributed by atoms with Gasteiger partial charge in [-0.15, -0.1) is 0 Å². The van der Waals surface area contributed by atoms with E-state index in [1.165, 1.54) is 14.2 Å². The van der Waals surface area contributed by atoms with Crippen molar-refractivity contribution < 1.29 is 19.1 Å². The molecule has 0 aliphatic heterocycles. The number of aryl methyl sites for hydroxylation is 1. The molecular weight excluding hydrogens is 282 g/mol. The Morgan fingerprint density at radius 3 is 2.50 bits per heavy atom. The molecule has 0 atom stereocenters. The van der Waals surface area contributed by atoms with Crippen molar-refractivity contribution in [3.05, 3.63) is 59.7 Å². The maximum atomic E-state index is 11.9. The van der Waals surface area contributed by atoms with E-state index < -0.39 is 5.97 Å². The molecule has 0 bridgehead atoms. The number of benzene rings is 2. The van der Waals surface area contributed by atoms with E-state index in [0.717, 1.165) is 5.56 Å². The van der Waals surface area contributed by atoms with Crippen molar-refractivity contribution in [2.45, 2.75) is 6.92 Å². The van der Waals surface area contributed by atoms with Crippen molar-refractivity contribution >= 4 is 11.7 Å². The predicted molar refractivity (Wildman–Crippen MR) is 83.3 cm³/mol. The number of para-hydroxylation sites is 1. The molecular formula is C17H17NO4. The molecule has 0 saturated heterocycles. The Bertz CT molecular complexity index is 695. The van der Waals surface area contributed by atoms with Gasteiger partial charge in [-0.2, -0.15) is 0 Å². The molecule has 5 heteroatoms. The number of oxime groups is 1. The number of nitrogens with zero attached hydrogens (tertiary/aromatic N) is 1. The summed E-state index contributed by atoms with van der Waals surface area (Å²) in [6.45, 7) is 1.98. The lowest BCUT2D eigenvalue weighted by atomic mass is 10.1. The molecule has 0 heterocycles. The molecule has 0 radical (unpaired) electrons. The van der Waals surface area contributed by atoms with Gasteiger partial charge in [-0.3, -0.25) is 0 Å². The molecule has 0 unspecified atom stereocenters. The Balaban J connectivity index is 2.41. The number of hydrogen-bond acceptors (Lipinski definition) is 5. The van der Waals surface area contributed by atoms with Crippen molar-refractivity contribution in [1.82, 2.24) is 0 Å². The Hall–Kier alpha value is -2.82. The van der Waals surface area contributed by atoms with Crippen LogP contribution >= 0.6 is 0 Å². The molecule has 22 heavy (non-hydrogen) atoms. The molecule has 2 aromatic carbocycles. The van der Waals surface area contributed by atoms with Gasteiger partial charge >= 0.3 is 5.97 Å². The zero-order valence-corrected chi connectivity index (χ0v) is 12.7. The van der Waals surface area contributed by atoms with E-state index in [9.17, 15) is 4.79 Å². The van der Waals surface area contributed by atoms with Gasteiger partial charge in [0.05, 0.1) is 12.7 Å². The van der Waals surface area contributed by atoms with Crippen LogP contribution in [0.1, 0.15) is 11.1 Å². The van der Waals surface area contributed by atoms with Crippen LogP contribution < -0.4 is 4.74 Å². The summed E-state index contributed by atoms with van der Waals surface area (Å²) in [6, 6.07) is 14.7. The third-order valence-corrected chi connectivity index (χ3v) is 2.92. The second-order valence-corrected chi connectivity index (χ2v) is 4.53. The molecule has 0 N–H and O–H groups in total. The van der Waals surface area contributed by atoms with Gasteiger partial charge in [0.15, 0.2) is 5.71 Å². The average Bonchev–Trinajstić information content (AvgIpc) is 2.53. The highest BCUT2D eigenvalue weighted by atomic mass is 16.6. The van der Waals surface area contributed by atoms with E-state index in [1.54, 1.807) is 18.2 Å². The monoisotopic (exact) mass is 299 g/mol. The van der Waals surface area contributed by atoms with E-state index >= 15 is 0 Å². The predicted octanol–water partition coefficient (Wildman–Crippen LogP) is 3.31.